The Labute approximate surface area is 115 Å². The fourth-order valence-corrected chi connectivity index (χ4v) is 2.69. The zero-order valence-electron chi connectivity index (χ0n) is 12.2. The van der Waals surface area contributed by atoms with Crippen LogP contribution in [0.25, 0.3) is 0 Å². The Balaban J connectivity index is 2.93. The van der Waals surface area contributed by atoms with Gasteiger partial charge in [0.15, 0.2) is 5.79 Å². The van der Waals surface area contributed by atoms with Crippen LogP contribution in [0.5, 0.6) is 0 Å². The molecule has 1 saturated heterocycles. The molecule has 0 saturated carbocycles. The molecule has 0 aromatic carbocycles. The maximum Gasteiger partial charge on any atom is 0.492 e. The molecule has 0 aromatic heterocycles. The Hall–Kier alpha value is -0.860. The van der Waals surface area contributed by atoms with Gasteiger partial charge in [-0.05, 0) is 20.8 Å². The van der Waals surface area contributed by atoms with Crippen molar-refractivity contribution >= 4 is 5.97 Å². The molecule has 118 valence electrons. The van der Waals surface area contributed by atoms with Crippen LogP contribution in [0.4, 0.5) is 13.2 Å². The molecule has 1 fully saturated rings. The van der Waals surface area contributed by atoms with E-state index < -0.39 is 29.5 Å². The van der Waals surface area contributed by atoms with E-state index in [1.807, 2.05) is 0 Å². The fraction of sp³-hybridized carbons (Fsp3) is 0.917. The van der Waals surface area contributed by atoms with Crippen molar-refractivity contribution in [1.82, 2.24) is 5.06 Å². The maximum absolute atomic E-state index is 12.3. The summed E-state index contributed by atoms with van der Waals surface area (Å²) in [6, 6.07) is -0.482. The van der Waals surface area contributed by atoms with Crippen LogP contribution in [-0.2, 0) is 19.1 Å². The number of methoxy groups -OCH3 is 2. The van der Waals surface area contributed by atoms with Crippen molar-refractivity contribution < 1.29 is 32.3 Å². The first kappa shape index (κ1) is 17.2. The highest BCUT2D eigenvalue weighted by molar-refractivity contribution is 5.75. The van der Waals surface area contributed by atoms with Crippen molar-refractivity contribution in [2.45, 2.75) is 57.2 Å². The Bertz CT molecular complexity index is 366. The lowest BCUT2D eigenvalue weighted by molar-refractivity contribution is -0.323. The number of rotatable bonds is 3. The number of piperidine rings is 1. The minimum atomic E-state index is -5.02. The molecule has 0 aromatic rings. The number of nitrogens with zero attached hydrogens (tertiary/aromatic N) is 1. The molecule has 0 amide bonds. The van der Waals surface area contributed by atoms with Gasteiger partial charge in [-0.1, -0.05) is 0 Å². The average molecular weight is 299 g/mol. The first-order valence-corrected chi connectivity index (χ1v) is 6.16. The monoisotopic (exact) mass is 299 g/mol. The van der Waals surface area contributed by atoms with Crippen molar-refractivity contribution in [3.8, 4) is 0 Å². The molecule has 1 aliphatic heterocycles. The number of carbonyl (C=O) groups is 1. The second-order valence-electron chi connectivity index (χ2n) is 5.56. The summed E-state index contributed by atoms with van der Waals surface area (Å²) in [6.07, 6.45) is -4.47. The molecule has 0 N–H and O–H groups in total. The molecule has 1 unspecified atom stereocenters. The summed E-state index contributed by atoms with van der Waals surface area (Å²) >= 11 is 0. The molecule has 1 aliphatic rings. The third-order valence-electron chi connectivity index (χ3n) is 3.46. The van der Waals surface area contributed by atoms with E-state index in [9.17, 15) is 18.0 Å². The van der Waals surface area contributed by atoms with Crippen LogP contribution >= 0.6 is 0 Å². The summed E-state index contributed by atoms with van der Waals surface area (Å²) in [5, 5.41) is 1.07. The minimum absolute atomic E-state index is 0.266. The zero-order chi connectivity index (χ0) is 15.8. The predicted molar refractivity (Wildman–Crippen MR) is 63.5 cm³/mol. The molecule has 1 heterocycles. The van der Waals surface area contributed by atoms with Gasteiger partial charge >= 0.3 is 12.1 Å². The number of halogens is 3. The normalized spacial score (nSPS) is 26.3. The van der Waals surface area contributed by atoms with Crippen molar-refractivity contribution in [3.05, 3.63) is 0 Å². The van der Waals surface area contributed by atoms with Crippen LogP contribution < -0.4 is 0 Å². The number of hydrogen-bond donors (Lipinski definition) is 0. The van der Waals surface area contributed by atoms with Gasteiger partial charge in [0.05, 0.1) is 5.54 Å². The third-order valence-corrected chi connectivity index (χ3v) is 3.46. The molecule has 1 rings (SSSR count). The standard InChI is InChI=1S/C12H20F3NO4/c1-8-6-11(18-4,19-5)7-10(2,3)16(8)20-9(17)12(13,14)15/h8H,6-7H2,1-5H3. The number of hydroxylamine groups is 2. The third kappa shape index (κ3) is 3.42. The highest BCUT2D eigenvalue weighted by Gasteiger charge is 2.52. The fourth-order valence-electron chi connectivity index (χ4n) is 2.69. The smallest absolute Gasteiger partial charge is 0.360 e. The molecule has 20 heavy (non-hydrogen) atoms. The first-order chi connectivity index (χ1) is 8.97. The van der Waals surface area contributed by atoms with Gasteiger partial charge in [-0.3, -0.25) is 0 Å². The van der Waals surface area contributed by atoms with Gasteiger partial charge in [0, 0.05) is 33.1 Å². The van der Waals surface area contributed by atoms with E-state index in [1.54, 1.807) is 20.8 Å². The van der Waals surface area contributed by atoms with E-state index in [1.165, 1.54) is 14.2 Å². The number of ether oxygens (including phenoxy) is 2. The van der Waals surface area contributed by atoms with Crippen molar-refractivity contribution in [3.63, 3.8) is 0 Å². The molecule has 1 atom stereocenters. The highest BCUT2D eigenvalue weighted by Crippen LogP contribution is 2.40. The summed E-state index contributed by atoms with van der Waals surface area (Å²) in [7, 11) is 2.95. The Morgan fingerprint density at radius 1 is 1.25 bits per heavy atom. The van der Waals surface area contributed by atoms with Gasteiger partial charge < -0.3 is 14.3 Å². The molecule has 0 bridgehead atoms. The van der Waals surface area contributed by atoms with Crippen LogP contribution in [0.15, 0.2) is 0 Å². The van der Waals surface area contributed by atoms with Crippen LogP contribution in [0.1, 0.15) is 33.6 Å². The number of carbonyl (C=O) groups excluding carboxylic acids is 1. The van der Waals surface area contributed by atoms with Crippen LogP contribution in [-0.4, -0.2) is 48.8 Å². The molecule has 0 spiro atoms. The van der Waals surface area contributed by atoms with E-state index in [4.69, 9.17) is 9.47 Å². The number of alkyl halides is 3. The van der Waals surface area contributed by atoms with Crippen molar-refractivity contribution in [1.29, 1.82) is 0 Å². The lowest BCUT2D eigenvalue weighted by Crippen LogP contribution is -2.62. The van der Waals surface area contributed by atoms with E-state index in [0.29, 0.717) is 0 Å². The van der Waals surface area contributed by atoms with E-state index in [0.717, 1.165) is 5.06 Å². The van der Waals surface area contributed by atoms with Gasteiger partial charge in [0.25, 0.3) is 0 Å². The highest BCUT2D eigenvalue weighted by atomic mass is 19.4. The van der Waals surface area contributed by atoms with Gasteiger partial charge in [-0.2, -0.15) is 13.2 Å². The van der Waals surface area contributed by atoms with Crippen molar-refractivity contribution in [2.24, 2.45) is 0 Å². The summed E-state index contributed by atoms with van der Waals surface area (Å²) < 4.78 is 47.6. The Morgan fingerprint density at radius 2 is 1.75 bits per heavy atom. The topological polar surface area (TPSA) is 48.0 Å². The second-order valence-corrected chi connectivity index (χ2v) is 5.56. The quantitative estimate of drug-likeness (QED) is 0.748. The SMILES string of the molecule is COC1(OC)CC(C)N(OC(=O)C(F)(F)F)C(C)(C)C1. The zero-order valence-corrected chi connectivity index (χ0v) is 12.2. The summed E-state index contributed by atoms with van der Waals surface area (Å²) in [4.78, 5) is 15.5. The van der Waals surface area contributed by atoms with Gasteiger partial charge in [-0.25, -0.2) is 4.79 Å². The molecule has 0 radical (unpaired) electrons. The summed E-state index contributed by atoms with van der Waals surface area (Å²) in [5.41, 5.74) is -0.857. The van der Waals surface area contributed by atoms with Gasteiger partial charge in [0.2, 0.25) is 0 Å². The van der Waals surface area contributed by atoms with Crippen LogP contribution in [0, 0.1) is 0 Å². The molecule has 0 aliphatic carbocycles. The molecular weight excluding hydrogens is 279 g/mol. The molecular formula is C12H20F3NO4. The van der Waals surface area contributed by atoms with Gasteiger partial charge in [0.1, 0.15) is 0 Å². The maximum atomic E-state index is 12.3. The van der Waals surface area contributed by atoms with Crippen molar-refractivity contribution in [2.75, 3.05) is 14.2 Å². The van der Waals surface area contributed by atoms with E-state index >= 15 is 0 Å². The first-order valence-electron chi connectivity index (χ1n) is 6.16. The lowest BCUT2D eigenvalue weighted by atomic mass is 9.84. The van der Waals surface area contributed by atoms with Crippen LogP contribution in [0.2, 0.25) is 0 Å². The average Bonchev–Trinajstić information content (AvgIpc) is 2.31. The Kier molecular flexibility index (Phi) is 4.72. The largest absolute Gasteiger partial charge is 0.492 e. The minimum Gasteiger partial charge on any atom is -0.360 e. The summed E-state index contributed by atoms with van der Waals surface area (Å²) in [5.74, 6) is -3.12. The summed E-state index contributed by atoms with van der Waals surface area (Å²) in [6.45, 7) is 4.98. The van der Waals surface area contributed by atoms with E-state index in [-0.39, 0.29) is 12.8 Å². The molecule has 5 nitrogen and oxygen atoms in total. The number of hydrogen-bond acceptors (Lipinski definition) is 5. The van der Waals surface area contributed by atoms with E-state index in [2.05, 4.69) is 4.84 Å². The predicted octanol–water partition coefficient (Wildman–Crippen LogP) is 2.26. The van der Waals surface area contributed by atoms with Gasteiger partial charge in [-0.15, -0.1) is 5.06 Å². The molecule has 8 heteroatoms. The Morgan fingerprint density at radius 3 is 2.10 bits per heavy atom. The lowest BCUT2D eigenvalue weighted by Gasteiger charge is -2.51. The second kappa shape index (κ2) is 5.50. The van der Waals surface area contributed by atoms with Crippen LogP contribution in [0.3, 0.4) is 0 Å².